The number of benzene rings is 8. The molecule has 2 heterocycles. The summed E-state index contributed by atoms with van der Waals surface area (Å²) in [4.78, 5) is 31.8. The van der Waals surface area contributed by atoms with Crippen molar-refractivity contribution < 1.29 is 9.59 Å². The summed E-state index contributed by atoms with van der Waals surface area (Å²) in [5.41, 5.74) is 12.7. The third-order valence-corrected chi connectivity index (χ3v) is 11.1. The van der Waals surface area contributed by atoms with Gasteiger partial charge in [-0.15, -0.1) is 0 Å². The molecule has 0 saturated carbocycles. The number of rotatable bonds is 6. The van der Waals surface area contributed by atoms with Crippen LogP contribution >= 0.6 is 0 Å². The van der Waals surface area contributed by atoms with Crippen molar-refractivity contribution in [3.05, 3.63) is 204 Å². The summed E-state index contributed by atoms with van der Waals surface area (Å²) in [6.07, 6.45) is 0. The van der Waals surface area contributed by atoms with Gasteiger partial charge >= 0.3 is 0 Å². The Balaban J connectivity index is 1.21. The molecule has 2 amide bonds. The number of hydrogen-bond acceptors (Lipinski definition) is 3. The molecule has 10 rings (SSSR count). The van der Waals surface area contributed by atoms with Crippen molar-refractivity contribution in [2.75, 3.05) is 4.90 Å². The molecule has 5 nitrogen and oxygen atoms in total. The molecule has 5 heteroatoms. The molecule has 1 aliphatic rings. The minimum Gasteiger partial charge on any atom is -0.308 e. The predicted molar refractivity (Wildman–Crippen MR) is 230 cm³/mol. The molecule has 1 aliphatic heterocycles. The van der Waals surface area contributed by atoms with Gasteiger partial charge in [-0.3, -0.25) is 9.59 Å². The quantitative estimate of drug-likeness (QED) is 0.160. The number of aromatic nitrogens is 1. The third kappa shape index (κ3) is 5.46. The molecular weight excluding hydrogens is 699 g/mol. The molecule has 0 aliphatic carbocycles. The fraction of sp³-hybridized carbons (Fsp3) is 0.0192. The Kier molecular flexibility index (Phi) is 7.98. The number of nitrogens with zero attached hydrogens (tertiary/aromatic N) is 3. The molecule has 57 heavy (non-hydrogen) atoms. The van der Waals surface area contributed by atoms with E-state index >= 15 is 4.79 Å². The topological polar surface area (TPSA) is 66.1 Å². The molecule has 268 valence electrons. The van der Waals surface area contributed by atoms with E-state index in [-0.39, 0.29) is 11.8 Å². The van der Waals surface area contributed by atoms with Gasteiger partial charge in [0.1, 0.15) is 0 Å². The van der Waals surface area contributed by atoms with Gasteiger partial charge in [-0.2, -0.15) is 5.26 Å². The highest BCUT2D eigenvalue weighted by Gasteiger charge is 2.41. The van der Waals surface area contributed by atoms with Crippen LogP contribution in [0, 0.1) is 18.3 Å². The van der Waals surface area contributed by atoms with Gasteiger partial charge in [-0.1, -0.05) is 133 Å². The summed E-state index contributed by atoms with van der Waals surface area (Å²) in [6, 6.07) is 62.4. The maximum absolute atomic E-state index is 15.4. The third-order valence-electron chi connectivity index (χ3n) is 11.1. The lowest BCUT2D eigenvalue weighted by Gasteiger charge is -2.24. The van der Waals surface area contributed by atoms with E-state index in [1.165, 1.54) is 4.90 Å². The Labute approximate surface area is 329 Å². The van der Waals surface area contributed by atoms with E-state index < -0.39 is 0 Å². The first-order chi connectivity index (χ1) is 28.0. The fourth-order valence-corrected chi connectivity index (χ4v) is 8.46. The van der Waals surface area contributed by atoms with E-state index in [4.69, 9.17) is 0 Å². The van der Waals surface area contributed by atoms with E-state index in [1.54, 1.807) is 6.07 Å². The lowest BCUT2D eigenvalue weighted by Crippen LogP contribution is -2.30. The molecular formula is C52H33N3O2. The zero-order valence-corrected chi connectivity index (χ0v) is 31.0. The number of carbonyl (C=O) groups is 2. The van der Waals surface area contributed by atoms with Crippen LogP contribution in [0.5, 0.6) is 0 Å². The van der Waals surface area contributed by atoms with Crippen molar-refractivity contribution in [2.45, 2.75) is 6.92 Å². The van der Waals surface area contributed by atoms with E-state index in [1.807, 2.05) is 128 Å². The minimum absolute atomic E-state index is 0.354. The van der Waals surface area contributed by atoms with Crippen molar-refractivity contribution in [3.8, 4) is 56.3 Å². The number of aryl methyl sites for hydroxylation is 1. The summed E-state index contributed by atoms with van der Waals surface area (Å²) in [7, 11) is 0. The molecule has 0 N–H and O–H groups in total. The molecule has 0 atom stereocenters. The monoisotopic (exact) mass is 731 g/mol. The van der Waals surface area contributed by atoms with Gasteiger partial charge in [0.25, 0.3) is 11.8 Å². The second kappa shape index (κ2) is 13.5. The number of para-hydroxylation sites is 1. The Hall–Kier alpha value is -7.81. The van der Waals surface area contributed by atoms with Gasteiger partial charge in [-0.25, -0.2) is 4.90 Å². The molecule has 0 unspecified atom stereocenters. The van der Waals surface area contributed by atoms with Crippen molar-refractivity contribution in [3.63, 3.8) is 0 Å². The van der Waals surface area contributed by atoms with Crippen LogP contribution in [0.25, 0.3) is 72.0 Å². The standard InChI is InChI=1S/C52H33N3O2/c1-33-28-34(32-53)24-26-40(33)38-25-27-42-41-20-11-12-22-46(41)54(48(42)31-38)47-23-13-21-43-49(47)52(57)55(51(43)56)50-44(36-16-7-3-8-17-36)29-39(35-14-5-2-6-15-35)30-45(50)37-18-9-4-10-19-37/h2-31H,1H3. The first-order valence-corrected chi connectivity index (χ1v) is 18.9. The summed E-state index contributed by atoms with van der Waals surface area (Å²) >= 11 is 0. The van der Waals surface area contributed by atoms with Gasteiger partial charge in [0.05, 0.1) is 45.2 Å². The number of carbonyl (C=O) groups excluding carboxylic acids is 2. The van der Waals surface area contributed by atoms with Gasteiger partial charge in [0.2, 0.25) is 0 Å². The van der Waals surface area contributed by atoms with Gasteiger partial charge in [0.15, 0.2) is 0 Å². The summed E-state index contributed by atoms with van der Waals surface area (Å²) < 4.78 is 2.12. The molecule has 9 aromatic rings. The number of anilines is 1. The normalized spacial score (nSPS) is 12.3. The highest BCUT2D eigenvalue weighted by atomic mass is 16.2. The molecule has 0 spiro atoms. The summed E-state index contributed by atoms with van der Waals surface area (Å²) in [5, 5.41) is 11.6. The average Bonchev–Trinajstić information content (AvgIpc) is 3.73. The molecule has 0 saturated heterocycles. The Bertz CT molecular complexity index is 3060. The Morgan fingerprint density at radius 3 is 1.72 bits per heavy atom. The molecule has 0 bridgehead atoms. The maximum atomic E-state index is 15.4. The number of imide groups is 1. The number of amides is 2. The zero-order valence-electron chi connectivity index (χ0n) is 31.0. The van der Waals surface area contributed by atoms with Crippen LogP contribution in [0.15, 0.2) is 182 Å². The van der Waals surface area contributed by atoms with Crippen molar-refractivity contribution >= 4 is 39.3 Å². The fourth-order valence-electron chi connectivity index (χ4n) is 8.46. The van der Waals surface area contributed by atoms with Crippen LogP contribution in [0.2, 0.25) is 0 Å². The molecule has 1 aromatic heterocycles. The van der Waals surface area contributed by atoms with Crippen LogP contribution in [0.3, 0.4) is 0 Å². The van der Waals surface area contributed by atoms with E-state index in [2.05, 4.69) is 65.2 Å². The Morgan fingerprint density at radius 2 is 1.07 bits per heavy atom. The van der Waals surface area contributed by atoms with E-state index in [0.717, 1.165) is 71.9 Å². The number of fused-ring (bicyclic) bond motifs is 4. The van der Waals surface area contributed by atoms with Crippen LogP contribution < -0.4 is 4.90 Å². The van der Waals surface area contributed by atoms with Crippen LogP contribution in [0.1, 0.15) is 31.8 Å². The van der Waals surface area contributed by atoms with Gasteiger partial charge in [0, 0.05) is 21.9 Å². The van der Waals surface area contributed by atoms with Crippen LogP contribution in [-0.4, -0.2) is 16.4 Å². The van der Waals surface area contributed by atoms with Gasteiger partial charge in [-0.05, 0) is 94.4 Å². The van der Waals surface area contributed by atoms with Crippen molar-refractivity contribution in [2.24, 2.45) is 0 Å². The smallest absolute Gasteiger partial charge is 0.268 e. The Morgan fingerprint density at radius 1 is 0.456 bits per heavy atom. The molecule has 0 radical (unpaired) electrons. The minimum atomic E-state index is -0.377. The predicted octanol–water partition coefficient (Wildman–Crippen LogP) is 12.4. The van der Waals surface area contributed by atoms with Crippen molar-refractivity contribution in [1.82, 2.24) is 4.57 Å². The first kappa shape index (κ1) is 33.7. The summed E-state index contributed by atoms with van der Waals surface area (Å²) in [6.45, 7) is 2.01. The number of hydrogen-bond donors (Lipinski definition) is 0. The average molecular weight is 732 g/mol. The highest BCUT2D eigenvalue weighted by molar-refractivity contribution is 6.37. The molecule has 8 aromatic carbocycles. The van der Waals surface area contributed by atoms with E-state index in [0.29, 0.717) is 28.1 Å². The van der Waals surface area contributed by atoms with Crippen LogP contribution in [-0.2, 0) is 0 Å². The SMILES string of the molecule is Cc1cc(C#N)ccc1-c1ccc2c3ccccc3n(-c3cccc4c3C(=O)N(c3c(-c5ccccc5)cc(-c5ccccc5)cc3-c3ccccc3)C4=O)c2c1. The lowest BCUT2D eigenvalue weighted by atomic mass is 9.90. The summed E-state index contributed by atoms with van der Waals surface area (Å²) in [5.74, 6) is -0.745. The van der Waals surface area contributed by atoms with Crippen LogP contribution in [0.4, 0.5) is 5.69 Å². The number of nitriles is 1. The maximum Gasteiger partial charge on any atom is 0.268 e. The highest BCUT2D eigenvalue weighted by Crippen LogP contribution is 2.47. The first-order valence-electron chi connectivity index (χ1n) is 18.9. The van der Waals surface area contributed by atoms with Crippen molar-refractivity contribution in [1.29, 1.82) is 5.26 Å². The largest absolute Gasteiger partial charge is 0.308 e. The lowest BCUT2D eigenvalue weighted by molar-refractivity contribution is 0.0926. The van der Waals surface area contributed by atoms with Gasteiger partial charge < -0.3 is 4.57 Å². The zero-order chi connectivity index (χ0) is 38.6. The second-order valence-electron chi connectivity index (χ2n) is 14.4. The van der Waals surface area contributed by atoms with E-state index in [9.17, 15) is 10.1 Å². The second-order valence-corrected chi connectivity index (χ2v) is 14.4. The molecule has 0 fully saturated rings.